The van der Waals surface area contributed by atoms with Crippen LogP contribution >= 0.6 is 0 Å². The minimum absolute atomic E-state index is 0.00554. The lowest BCUT2D eigenvalue weighted by atomic mass is 9.89. The molecule has 19 heavy (non-hydrogen) atoms. The van der Waals surface area contributed by atoms with Gasteiger partial charge in [-0.2, -0.15) is 13.2 Å². The van der Waals surface area contributed by atoms with E-state index in [0.29, 0.717) is 17.9 Å². The number of halogens is 3. The van der Waals surface area contributed by atoms with E-state index in [2.05, 4.69) is 9.97 Å². The summed E-state index contributed by atoms with van der Waals surface area (Å²) in [7, 11) is 0. The molecular weight excluding hydrogens is 255 g/mol. The van der Waals surface area contributed by atoms with Crippen molar-refractivity contribution in [2.45, 2.75) is 39.3 Å². The first-order valence-electron chi connectivity index (χ1n) is 6.27. The van der Waals surface area contributed by atoms with Crippen LogP contribution in [0.4, 0.5) is 13.2 Å². The molecule has 3 rings (SSSR count). The van der Waals surface area contributed by atoms with Gasteiger partial charge in [-0.15, -0.1) is 0 Å². The summed E-state index contributed by atoms with van der Waals surface area (Å²) in [5, 5.41) is 0. The predicted octanol–water partition coefficient (Wildman–Crippen LogP) is 3.01. The number of aryl methyl sites for hydroxylation is 3. The lowest BCUT2D eigenvalue weighted by Gasteiger charge is -2.24. The predicted molar refractivity (Wildman–Crippen MR) is 64.0 cm³/mol. The number of nitrogens with zero attached hydrogens (tertiary/aromatic N) is 3. The Bertz CT molecular complexity index is 643. The van der Waals surface area contributed by atoms with Crippen molar-refractivity contribution < 1.29 is 13.2 Å². The van der Waals surface area contributed by atoms with Gasteiger partial charge in [0.25, 0.3) is 0 Å². The molecule has 0 saturated carbocycles. The molecule has 0 aromatic carbocycles. The van der Waals surface area contributed by atoms with Crippen LogP contribution in [0.15, 0.2) is 6.07 Å². The highest BCUT2D eigenvalue weighted by Gasteiger charge is 2.42. The maximum Gasteiger partial charge on any atom is 0.392 e. The second-order valence-electron chi connectivity index (χ2n) is 5.16. The van der Waals surface area contributed by atoms with Crippen LogP contribution in [0, 0.1) is 19.8 Å². The van der Waals surface area contributed by atoms with Gasteiger partial charge in [0.05, 0.1) is 11.6 Å². The average molecular weight is 269 g/mol. The Hall–Kier alpha value is -1.59. The summed E-state index contributed by atoms with van der Waals surface area (Å²) in [6.45, 7) is 3.74. The van der Waals surface area contributed by atoms with E-state index in [9.17, 15) is 13.2 Å². The number of fused-ring (bicyclic) bond motifs is 3. The maximum absolute atomic E-state index is 12.9. The van der Waals surface area contributed by atoms with Crippen molar-refractivity contribution >= 4 is 5.78 Å². The molecule has 1 aliphatic rings. The van der Waals surface area contributed by atoms with Crippen LogP contribution in [0.2, 0.25) is 0 Å². The van der Waals surface area contributed by atoms with E-state index in [0.717, 1.165) is 17.1 Å². The smallest absolute Gasteiger partial charge is 0.285 e. The molecule has 2 heterocycles. The molecular formula is C13H14F3N3. The fourth-order valence-corrected chi connectivity index (χ4v) is 2.82. The highest BCUT2D eigenvalue weighted by molar-refractivity contribution is 5.40. The van der Waals surface area contributed by atoms with Gasteiger partial charge in [0.2, 0.25) is 5.78 Å². The van der Waals surface area contributed by atoms with Crippen LogP contribution in [0.1, 0.15) is 29.2 Å². The van der Waals surface area contributed by atoms with Gasteiger partial charge in [-0.05, 0) is 32.8 Å². The van der Waals surface area contributed by atoms with Gasteiger partial charge in [-0.1, -0.05) is 0 Å². The van der Waals surface area contributed by atoms with Crippen LogP contribution in [0.25, 0.3) is 5.78 Å². The maximum atomic E-state index is 12.9. The second kappa shape index (κ2) is 3.95. The molecule has 3 nitrogen and oxygen atoms in total. The summed E-state index contributed by atoms with van der Waals surface area (Å²) < 4.78 is 40.3. The zero-order chi connectivity index (χ0) is 13.8. The Balaban J connectivity index is 2.13. The lowest BCUT2D eigenvalue weighted by molar-refractivity contribution is -0.177. The summed E-state index contributed by atoms with van der Waals surface area (Å²) in [5.74, 6) is -0.745. The normalized spacial score (nSPS) is 19.7. The highest BCUT2D eigenvalue weighted by Crippen LogP contribution is 2.37. The van der Waals surface area contributed by atoms with E-state index >= 15 is 0 Å². The largest absolute Gasteiger partial charge is 0.392 e. The molecule has 6 heteroatoms. The van der Waals surface area contributed by atoms with E-state index in [4.69, 9.17) is 0 Å². The van der Waals surface area contributed by atoms with Crippen molar-refractivity contribution in [2.75, 3.05) is 0 Å². The summed E-state index contributed by atoms with van der Waals surface area (Å²) in [6.07, 6.45) is -3.63. The molecule has 102 valence electrons. The Morgan fingerprint density at radius 1 is 1.26 bits per heavy atom. The van der Waals surface area contributed by atoms with Crippen LogP contribution in [0.5, 0.6) is 0 Å². The van der Waals surface area contributed by atoms with E-state index in [1.54, 1.807) is 4.40 Å². The first-order valence-corrected chi connectivity index (χ1v) is 6.27. The van der Waals surface area contributed by atoms with Gasteiger partial charge in [0.15, 0.2) is 0 Å². The summed E-state index contributed by atoms with van der Waals surface area (Å²) in [4.78, 5) is 8.68. The SMILES string of the molecule is Cc1cc(C)n2c3c(nc2n1)CCC(C(F)(F)F)C3. The molecule has 0 amide bonds. The molecule has 0 saturated heterocycles. The lowest BCUT2D eigenvalue weighted by Crippen LogP contribution is -2.29. The molecule has 0 spiro atoms. The van der Waals surface area contributed by atoms with Crippen molar-refractivity contribution in [3.8, 4) is 0 Å². The zero-order valence-electron chi connectivity index (χ0n) is 10.8. The fourth-order valence-electron chi connectivity index (χ4n) is 2.82. The first kappa shape index (κ1) is 12.4. The van der Waals surface area contributed by atoms with Crippen LogP contribution in [0.3, 0.4) is 0 Å². The monoisotopic (exact) mass is 269 g/mol. The molecule has 0 fully saturated rings. The van der Waals surface area contributed by atoms with Gasteiger partial charge in [0.1, 0.15) is 0 Å². The Labute approximate surface area is 108 Å². The number of alkyl halides is 3. The van der Waals surface area contributed by atoms with Crippen molar-refractivity contribution in [3.05, 3.63) is 28.8 Å². The van der Waals surface area contributed by atoms with E-state index in [1.807, 2.05) is 19.9 Å². The Morgan fingerprint density at radius 3 is 2.68 bits per heavy atom. The number of rotatable bonds is 0. The van der Waals surface area contributed by atoms with Crippen LogP contribution < -0.4 is 0 Å². The number of imidazole rings is 1. The average Bonchev–Trinajstić information content (AvgIpc) is 2.64. The van der Waals surface area contributed by atoms with Gasteiger partial charge in [-0.25, -0.2) is 9.97 Å². The molecule has 2 aromatic rings. The third-order valence-corrected chi connectivity index (χ3v) is 3.72. The molecule has 1 unspecified atom stereocenters. The molecule has 1 aliphatic carbocycles. The molecule has 0 bridgehead atoms. The second-order valence-corrected chi connectivity index (χ2v) is 5.16. The van der Waals surface area contributed by atoms with Crippen molar-refractivity contribution in [1.29, 1.82) is 0 Å². The molecule has 0 radical (unpaired) electrons. The van der Waals surface area contributed by atoms with E-state index in [1.165, 1.54) is 0 Å². The van der Waals surface area contributed by atoms with Crippen LogP contribution in [-0.2, 0) is 12.8 Å². The Kier molecular flexibility index (Phi) is 2.59. The zero-order valence-corrected chi connectivity index (χ0v) is 10.8. The summed E-state index contributed by atoms with van der Waals surface area (Å²) >= 11 is 0. The summed E-state index contributed by atoms with van der Waals surface area (Å²) in [5.41, 5.74) is 3.16. The minimum atomic E-state index is -4.13. The summed E-state index contributed by atoms with van der Waals surface area (Å²) in [6, 6.07) is 1.87. The first-order chi connectivity index (χ1) is 8.86. The number of aromatic nitrogens is 3. The highest BCUT2D eigenvalue weighted by atomic mass is 19.4. The van der Waals surface area contributed by atoms with Gasteiger partial charge in [-0.3, -0.25) is 4.40 Å². The molecule has 0 aliphatic heterocycles. The van der Waals surface area contributed by atoms with E-state index < -0.39 is 12.1 Å². The minimum Gasteiger partial charge on any atom is -0.285 e. The third-order valence-electron chi connectivity index (χ3n) is 3.72. The standard InChI is InChI=1S/C13H14F3N3/c1-7-5-8(2)19-11-6-9(13(14,15)16)3-4-10(11)18-12(19)17-7/h5,9H,3-4,6H2,1-2H3. The Morgan fingerprint density at radius 2 is 2.00 bits per heavy atom. The number of hydrogen-bond donors (Lipinski definition) is 0. The van der Waals surface area contributed by atoms with Crippen molar-refractivity contribution in [1.82, 2.24) is 14.4 Å². The van der Waals surface area contributed by atoms with Crippen molar-refractivity contribution in [2.24, 2.45) is 5.92 Å². The molecule has 0 N–H and O–H groups in total. The van der Waals surface area contributed by atoms with Gasteiger partial charge < -0.3 is 0 Å². The third kappa shape index (κ3) is 1.99. The van der Waals surface area contributed by atoms with Gasteiger partial charge >= 0.3 is 6.18 Å². The molecule has 2 aromatic heterocycles. The van der Waals surface area contributed by atoms with Crippen molar-refractivity contribution in [3.63, 3.8) is 0 Å². The van der Waals surface area contributed by atoms with Crippen LogP contribution in [-0.4, -0.2) is 20.5 Å². The van der Waals surface area contributed by atoms with E-state index in [-0.39, 0.29) is 12.8 Å². The molecule has 1 atom stereocenters. The fraction of sp³-hybridized carbons (Fsp3) is 0.538. The topological polar surface area (TPSA) is 30.2 Å². The number of hydrogen-bond acceptors (Lipinski definition) is 2. The van der Waals surface area contributed by atoms with Gasteiger partial charge in [0, 0.05) is 23.5 Å². The quantitative estimate of drug-likeness (QED) is 0.736.